The first kappa shape index (κ1) is 10.2. The van der Waals surface area contributed by atoms with Crippen LogP contribution in [0, 0.1) is 0 Å². The Bertz CT molecular complexity index is 292. The predicted molar refractivity (Wildman–Crippen MR) is 63.5 cm³/mol. The lowest BCUT2D eigenvalue weighted by molar-refractivity contribution is 0.399. The van der Waals surface area contributed by atoms with Gasteiger partial charge in [-0.1, -0.05) is 34.5 Å². The minimum atomic E-state index is 0.693. The van der Waals surface area contributed by atoms with Crippen molar-refractivity contribution in [2.24, 2.45) is 0 Å². The maximum atomic E-state index is 3.57. The van der Waals surface area contributed by atoms with E-state index in [0.29, 0.717) is 6.04 Å². The summed E-state index contributed by atoms with van der Waals surface area (Å²) in [5.41, 5.74) is 1.43. The number of benzene rings is 1. The molecule has 0 bridgehead atoms. The fourth-order valence-corrected chi connectivity index (χ4v) is 2.49. The first-order valence-corrected chi connectivity index (χ1v) is 6.12. The molecule has 2 heteroatoms. The van der Waals surface area contributed by atoms with E-state index in [1.807, 2.05) is 0 Å². The highest BCUT2D eigenvalue weighted by Crippen LogP contribution is 2.16. The zero-order chi connectivity index (χ0) is 9.80. The summed E-state index contributed by atoms with van der Waals surface area (Å²) in [5, 5.41) is 3.57. The zero-order valence-corrected chi connectivity index (χ0v) is 9.89. The van der Waals surface area contributed by atoms with Crippen LogP contribution in [0.3, 0.4) is 0 Å². The van der Waals surface area contributed by atoms with Crippen LogP contribution in [0.1, 0.15) is 24.8 Å². The molecule has 0 aliphatic carbocycles. The third-order valence-electron chi connectivity index (χ3n) is 2.78. The summed E-state index contributed by atoms with van der Waals surface area (Å²) < 4.78 is 1.19. The van der Waals surface area contributed by atoms with Crippen molar-refractivity contribution in [2.75, 3.05) is 6.54 Å². The van der Waals surface area contributed by atoms with Gasteiger partial charge in [0.25, 0.3) is 0 Å². The molecule has 14 heavy (non-hydrogen) atoms. The van der Waals surface area contributed by atoms with Crippen LogP contribution in [0.5, 0.6) is 0 Å². The topological polar surface area (TPSA) is 12.0 Å². The van der Waals surface area contributed by atoms with Crippen LogP contribution in [0.25, 0.3) is 0 Å². The van der Waals surface area contributed by atoms with E-state index in [1.165, 1.54) is 42.3 Å². The second-order valence-electron chi connectivity index (χ2n) is 3.98. The lowest BCUT2D eigenvalue weighted by atomic mass is 9.98. The molecule has 2 rings (SSSR count). The van der Waals surface area contributed by atoms with Gasteiger partial charge in [-0.2, -0.15) is 0 Å². The van der Waals surface area contributed by atoms with Crippen molar-refractivity contribution in [3.63, 3.8) is 0 Å². The molecule has 1 fully saturated rings. The van der Waals surface area contributed by atoms with Gasteiger partial charge in [-0.3, -0.25) is 0 Å². The number of rotatable bonds is 2. The second-order valence-corrected chi connectivity index (χ2v) is 4.90. The largest absolute Gasteiger partial charge is 0.314 e. The minimum absolute atomic E-state index is 0.693. The van der Waals surface area contributed by atoms with Crippen LogP contribution in [-0.2, 0) is 6.42 Å². The van der Waals surface area contributed by atoms with E-state index in [0.717, 1.165) is 0 Å². The summed E-state index contributed by atoms with van der Waals surface area (Å²) in [6.45, 7) is 1.19. The summed E-state index contributed by atoms with van der Waals surface area (Å²) in [7, 11) is 0. The molecule has 1 aromatic rings. The van der Waals surface area contributed by atoms with Crippen molar-refractivity contribution in [3.05, 3.63) is 34.3 Å². The molecular formula is C12H16BrN. The summed E-state index contributed by atoms with van der Waals surface area (Å²) in [5.74, 6) is 0. The molecule has 1 saturated heterocycles. The predicted octanol–water partition coefficient (Wildman–Crippen LogP) is 3.13. The van der Waals surface area contributed by atoms with E-state index in [2.05, 4.69) is 45.5 Å². The highest BCUT2D eigenvalue weighted by molar-refractivity contribution is 9.10. The average Bonchev–Trinajstić information content (AvgIpc) is 2.19. The van der Waals surface area contributed by atoms with Crippen molar-refractivity contribution in [1.29, 1.82) is 0 Å². The Kier molecular flexibility index (Phi) is 3.60. The Balaban J connectivity index is 1.95. The van der Waals surface area contributed by atoms with E-state index in [1.54, 1.807) is 0 Å². The van der Waals surface area contributed by atoms with Crippen LogP contribution in [0.4, 0.5) is 0 Å². The number of hydrogen-bond donors (Lipinski definition) is 1. The van der Waals surface area contributed by atoms with E-state index < -0.39 is 0 Å². The normalized spacial score (nSPS) is 22.2. The molecule has 1 atom stereocenters. The lowest BCUT2D eigenvalue weighted by Crippen LogP contribution is -2.35. The third kappa shape index (κ3) is 2.82. The molecule has 0 saturated carbocycles. The van der Waals surface area contributed by atoms with Crippen molar-refractivity contribution < 1.29 is 0 Å². The average molecular weight is 254 g/mol. The van der Waals surface area contributed by atoms with Gasteiger partial charge >= 0.3 is 0 Å². The molecule has 0 radical (unpaired) electrons. The molecule has 76 valence electrons. The van der Waals surface area contributed by atoms with Crippen LogP contribution < -0.4 is 5.32 Å². The Morgan fingerprint density at radius 3 is 3.00 bits per heavy atom. The molecule has 1 nitrogen and oxygen atoms in total. The van der Waals surface area contributed by atoms with Gasteiger partial charge in [-0.05, 0) is 43.5 Å². The molecule has 1 aliphatic rings. The van der Waals surface area contributed by atoms with Gasteiger partial charge in [0.15, 0.2) is 0 Å². The van der Waals surface area contributed by atoms with Crippen LogP contribution >= 0.6 is 15.9 Å². The second kappa shape index (κ2) is 4.94. The SMILES string of the molecule is Brc1cccc(C[C@@H]2CCCCN2)c1. The van der Waals surface area contributed by atoms with Crippen molar-refractivity contribution in [3.8, 4) is 0 Å². The van der Waals surface area contributed by atoms with Crippen molar-refractivity contribution in [1.82, 2.24) is 5.32 Å². The minimum Gasteiger partial charge on any atom is -0.314 e. The van der Waals surface area contributed by atoms with Gasteiger partial charge in [-0.15, -0.1) is 0 Å². The zero-order valence-electron chi connectivity index (χ0n) is 8.30. The maximum Gasteiger partial charge on any atom is 0.0178 e. The van der Waals surface area contributed by atoms with Crippen LogP contribution in [0.2, 0.25) is 0 Å². The van der Waals surface area contributed by atoms with Crippen LogP contribution in [-0.4, -0.2) is 12.6 Å². The quantitative estimate of drug-likeness (QED) is 0.854. The van der Waals surface area contributed by atoms with Gasteiger partial charge in [-0.25, -0.2) is 0 Å². The summed E-state index contributed by atoms with van der Waals surface area (Å²) >= 11 is 3.51. The highest BCUT2D eigenvalue weighted by Gasteiger charge is 2.12. The molecule has 1 aliphatic heterocycles. The molecule has 0 aromatic heterocycles. The molecule has 0 amide bonds. The maximum absolute atomic E-state index is 3.57. The Hall–Kier alpha value is -0.340. The molecule has 1 heterocycles. The number of hydrogen-bond acceptors (Lipinski definition) is 1. The van der Waals surface area contributed by atoms with Gasteiger partial charge in [0, 0.05) is 10.5 Å². The summed E-state index contributed by atoms with van der Waals surface area (Å²) in [6.07, 6.45) is 5.21. The Morgan fingerprint density at radius 1 is 1.36 bits per heavy atom. The standard InChI is InChI=1S/C12H16BrN/c13-11-5-3-4-10(8-11)9-12-6-1-2-7-14-12/h3-5,8,12,14H,1-2,6-7,9H2/t12-/m0/s1. The van der Waals surface area contributed by atoms with Gasteiger partial charge in [0.1, 0.15) is 0 Å². The van der Waals surface area contributed by atoms with E-state index >= 15 is 0 Å². The van der Waals surface area contributed by atoms with Gasteiger partial charge < -0.3 is 5.32 Å². The molecular weight excluding hydrogens is 238 g/mol. The van der Waals surface area contributed by atoms with Crippen molar-refractivity contribution in [2.45, 2.75) is 31.7 Å². The molecule has 0 unspecified atom stereocenters. The highest BCUT2D eigenvalue weighted by atomic mass is 79.9. The van der Waals surface area contributed by atoms with E-state index in [4.69, 9.17) is 0 Å². The summed E-state index contributed by atoms with van der Waals surface area (Å²) in [4.78, 5) is 0. The fraction of sp³-hybridized carbons (Fsp3) is 0.500. The molecule has 0 spiro atoms. The number of piperidine rings is 1. The smallest absolute Gasteiger partial charge is 0.0178 e. The van der Waals surface area contributed by atoms with Crippen LogP contribution in [0.15, 0.2) is 28.7 Å². The number of halogens is 1. The first-order valence-electron chi connectivity index (χ1n) is 5.32. The molecule has 1 aromatic carbocycles. The van der Waals surface area contributed by atoms with Gasteiger partial charge in [0.2, 0.25) is 0 Å². The Morgan fingerprint density at radius 2 is 2.29 bits per heavy atom. The van der Waals surface area contributed by atoms with Gasteiger partial charge in [0.05, 0.1) is 0 Å². The summed E-state index contributed by atoms with van der Waals surface area (Å²) in [6, 6.07) is 9.32. The molecule has 1 N–H and O–H groups in total. The Labute approximate surface area is 94.0 Å². The fourth-order valence-electron chi connectivity index (χ4n) is 2.05. The number of nitrogens with one attached hydrogen (secondary N) is 1. The monoisotopic (exact) mass is 253 g/mol. The van der Waals surface area contributed by atoms with E-state index in [9.17, 15) is 0 Å². The lowest BCUT2D eigenvalue weighted by Gasteiger charge is -2.23. The third-order valence-corrected chi connectivity index (χ3v) is 3.28. The van der Waals surface area contributed by atoms with Crippen molar-refractivity contribution >= 4 is 15.9 Å². The van der Waals surface area contributed by atoms with E-state index in [-0.39, 0.29) is 0 Å². The first-order chi connectivity index (χ1) is 6.84.